The van der Waals surface area contributed by atoms with Crippen LogP contribution in [-0.2, 0) is 21.3 Å². The van der Waals surface area contributed by atoms with Gasteiger partial charge in [-0.15, -0.1) is 0 Å². The first-order valence-electron chi connectivity index (χ1n) is 8.56. The Balaban J connectivity index is 1.64. The molecule has 0 amide bonds. The third-order valence-corrected chi connectivity index (χ3v) is 6.51. The van der Waals surface area contributed by atoms with Gasteiger partial charge in [0.05, 0.1) is 17.6 Å². The van der Waals surface area contributed by atoms with Crippen LogP contribution in [0.2, 0.25) is 0 Å². The summed E-state index contributed by atoms with van der Waals surface area (Å²) in [4.78, 5) is 13.6. The number of halogens is 1. The number of sulfonamides is 1. The highest BCUT2D eigenvalue weighted by Crippen LogP contribution is 2.20. The summed E-state index contributed by atoms with van der Waals surface area (Å²) in [7, 11) is -2.36. The fourth-order valence-corrected chi connectivity index (χ4v) is 4.45. The maximum absolute atomic E-state index is 13.8. The Kier molecular flexibility index (Phi) is 5.88. The molecular weight excluding hydrogens is 371 g/mol. The number of methoxy groups -OCH3 is 1. The van der Waals surface area contributed by atoms with Crippen LogP contribution in [0.5, 0.6) is 0 Å². The zero-order valence-electron chi connectivity index (χ0n) is 15.0. The van der Waals surface area contributed by atoms with Crippen LogP contribution >= 0.6 is 0 Å². The molecule has 6 nitrogen and oxygen atoms in total. The lowest BCUT2D eigenvalue weighted by Gasteiger charge is -2.34. The molecule has 0 aliphatic carbocycles. The van der Waals surface area contributed by atoms with Gasteiger partial charge in [-0.25, -0.2) is 17.6 Å². The summed E-state index contributed by atoms with van der Waals surface area (Å²) in [6.45, 7) is 2.15. The number of carbonyl (C=O) groups excluding carboxylic acids is 1. The number of piperazine rings is 1. The van der Waals surface area contributed by atoms with Crippen molar-refractivity contribution in [2.45, 2.75) is 11.4 Å². The topological polar surface area (TPSA) is 66.9 Å². The van der Waals surface area contributed by atoms with E-state index in [1.54, 1.807) is 18.2 Å². The molecule has 0 saturated carbocycles. The van der Waals surface area contributed by atoms with Gasteiger partial charge >= 0.3 is 5.97 Å². The number of rotatable bonds is 5. The summed E-state index contributed by atoms with van der Waals surface area (Å²) in [5, 5.41) is 0. The lowest BCUT2D eigenvalue weighted by atomic mass is 10.2. The van der Waals surface area contributed by atoms with E-state index in [1.807, 2.05) is 4.90 Å². The monoisotopic (exact) mass is 392 g/mol. The Bertz CT molecular complexity index is 908. The average molecular weight is 392 g/mol. The van der Waals surface area contributed by atoms with Crippen LogP contribution in [-0.4, -0.2) is 56.9 Å². The van der Waals surface area contributed by atoms with Gasteiger partial charge in [-0.3, -0.25) is 4.90 Å². The van der Waals surface area contributed by atoms with Crippen molar-refractivity contribution < 1.29 is 22.3 Å². The summed E-state index contributed by atoms with van der Waals surface area (Å²) >= 11 is 0. The molecule has 1 heterocycles. The number of benzene rings is 2. The van der Waals surface area contributed by atoms with Gasteiger partial charge in [-0.1, -0.05) is 18.2 Å². The first-order chi connectivity index (χ1) is 12.9. The van der Waals surface area contributed by atoms with Gasteiger partial charge in [-0.05, 0) is 30.3 Å². The fraction of sp³-hybridized carbons (Fsp3) is 0.316. The first kappa shape index (κ1) is 19.5. The molecule has 0 bridgehead atoms. The standard InChI is InChI=1S/C19H21FN2O4S/c1-26-19(23)15-6-8-17(9-7-15)27(24,25)22-12-10-21(11-13-22)14-16-4-2-3-5-18(16)20/h2-9H,10-14H2,1H3. The lowest BCUT2D eigenvalue weighted by molar-refractivity contribution is 0.0600. The molecule has 144 valence electrons. The maximum Gasteiger partial charge on any atom is 0.337 e. The molecule has 0 N–H and O–H groups in total. The third kappa shape index (κ3) is 4.35. The highest BCUT2D eigenvalue weighted by atomic mass is 32.2. The van der Waals surface area contributed by atoms with Gasteiger partial charge < -0.3 is 4.74 Å². The minimum absolute atomic E-state index is 0.137. The predicted octanol–water partition coefficient (Wildman–Crippen LogP) is 2.12. The maximum atomic E-state index is 13.8. The molecule has 0 aromatic heterocycles. The molecule has 2 aromatic rings. The number of carbonyl (C=O) groups is 1. The summed E-state index contributed by atoms with van der Waals surface area (Å²) in [5.41, 5.74) is 0.901. The SMILES string of the molecule is COC(=O)c1ccc(S(=O)(=O)N2CCN(Cc3ccccc3F)CC2)cc1. The Hall–Kier alpha value is -2.29. The zero-order valence-corrected chi connectivity index (χ0v) is 15.8. The van der Waals surface area contributed by atoms with Crippen LogP contribution in [0.25, 0.3) is 0 Å². The fourth-order valence-electron chi connectivity index (χ4n) is 3.03. The van der Waals surface area contributed by atoms with Crippen molar-refractivity contribution in [3.63, 3.8) is 0 Å². The van der Waals surface area contributed by atoms with Crippen molar-refractivity contribution in [3.05, 3.63) is 65.5 Å². The predicted molar refractivity (Wildman–Crippen MR) is 98.2 cm³/mol. The number of hydrogen-bond donors (Lipinski definition) is 0. The van der Waals surface area contributed by atoms with Crippen LogP contribution < -0.4 is 0 Å². The van der Waals surface area contributed by atoms with Gasteiger partial charge in [0.1, 0.15) is 5.82 Å². The average Bonchev–Trinajstić information content (AvgIpc) is 2.69. The van der Waals surface area contributed by atoms with Gasteiger partial charge in [-0.2, -0.15) is 4.31 Å². The zero-order chi connectivity index (χ0) is 19.4. The van der Waals surface area contributed by atoms with Crippen molar-refractivity contribution in [3.8, 4) is 0 Å². The van der Waals surface area contributed by atoms with E-state index in [4.69, 9.17) is 0 Å². The first-order valence-corrected chi connectivity index (χ1v) is 10.00. The van der Waals surface area contributed by atoms with Crippen LogP contribution in [0.15, 0.2) is 53.4 Å². The molecule has 1 saturated heterocycles. The minimum atomic E-state index is -3.64. The van der Waals surface area contributed by atoms with E-state index < -0.39 is 16.0 Å². The summed E-state index contributed by atoms with van der Waals surface area (Å²) in [6, 6.07) is 12.3. The van der Waals surface area contributed by atoms with Crippen molar-refractivity contribution in [2.75, 3.05) is 33.3 Å². The Morgan fingerprint density at radius 1 is 1.04 bits per heavy atom. The molecule has 0 spiro atoms. The Morgan fingerprint density at radius 3 is 2.26 bits per heavy atom. The van der Waals surface area contributed by atoms with Crippen LogP contribution in [0.1, 0.15) is 15.9 Å². The molecule has 0 unspecified atom stereocenters. The van der Waals surface area contributed by atoms with Crippen LogP contribution in [0.4, 0.5) is 4.39 Å². The van der Waals surface area contributed by atoms with E-state index >= 15 is 0 Å². The molecule has 27 heavy (non-hydrogen) atoms. The second-order valence-electron chi connectivity index (χ2n) is 6.29. The van der Waals surface area contributed by atoms with Crippen LogP contribution in [0, 0.1) is 5.82 Å². The summed E-state index contributed by atoms with van der Waals surface area (Å²) < 4.78 is 45.4. The van der Waals surface area contributed by atoms with E-state index in [-0.39, 0.29) is 10.7 Å². The highest BCUT2D eigenvalue weighted by Gasteiger charge is 2.28. The Morgan fingerprint density at radius 2 is 1.67 bits per heavy atom. The molecule has 1 fully saturated rings. The largest absolute Gasteiger partial charge is 0.465 e. The number of ether oxygens (including phenoxy) is 1. The quantitative estimate of drug-likeness (QED) is 0.730. The van der Waals surface area contributed by atoms with Gasteiger partial charge in [0.2, 0.25) is 10.0 Å². The molecule has 0 atom stereocenters. The smallest absolute Gasteiger partial charge is 0.337 e. The Labute approximate surface area is 158 Å². The van der Waals surface area contributed by atoms with Crippen LogP contribution in [0.3, 0.4) is 0 Å². The summed E-state index contributed by atoms with van der Waals surface area (Å²) in [6.07, 6.45) is 0. The highest BCUT2D eigenvalue weighted by molar-refractivity contribution is 7.89. The number of nitrogens with zero attached hydrogens (tertiary/aromatic N) is 2. The van der Waals surface area contributed by atoms with Crippen molar-refractivity contribution in [2.24, 2.45) is 0 Å². The van der Waals surface area contributed by atoms with Crippen molar-refractivity contribution >= 4 is 16.0 Å². The second kappa shape index (κ2) is 8.16. The molecule has 0 radical (unpaired) electrons. The lowest BCUT2D eigenvalue weighted by Crippen LogP contribution is -2.48. The van der Waals surface area contributed by atoms with Crippen molar-refractivity contribution in [1.29, 1.82) is 0 Å². The van der Waals surface area contributed by atoms with E-state index in [1.165, 1.54) is 41.7 Å². The molecule has 3 rings (SSSR count). The molecular formula is C19H21FN2O4S. The summed E-state index contributed by atoms with van der Waals surface area (Å²) in [5.74, 6) is -0.765. The van der Waals surface area contributed by atoms with Gasteiger partial charge in [0.25, 0.3) is 0 Å². The minimum Gasteiger partial charge on any atom is -0.465 e. The molecule has 8 heteroatoms. The third-order valence-electron chi connectivity index (χ3n) is 4.60. The second-order valence-corrected chi connectivity index (χ2v) is 8.23. The van der Waals surface area contributed by atoms with E-state index in [9.17, 15) is 17.6 Å². The normalized spacial score (nSPS) is 16.2. The van der Waals surface area contributed by atoms with Crippen molar-refractivity contribution in [1.82, 2.24) is 9.21 Å². The van der Waals surface area contributed by atoms with Gasteiger partial charge in [0.15, 0.2) is 0 Å². The van der Waals surface area contributed by atoms with E-state index in [2.05, 4.69) is 4.74 Å². The van der Waals surface area contributed by atoms with E-state index in [0.717, 1.165) is 0 Å². The van der Waals surface area contributed by atoms with E-state index in [0.29, 0.717) is 43.9 Å². The molecule has 1 aliphatic heterocycles. The van der Waals surface area contributed by atoms with Gasteiger partial charge in [0, 0.05) is 38.3 Å². The number of esters is 1. The molecule has 1 aliphatic rings. The number of hydrogen-bond acceptors (Lipinski definition) is 5. The molecule has 2 aromatic carbocycles.